The molecule has 0 bridgehead atoms. The molecule has 8 nitrogen and oxygen atoms in total. The highest BCUT2D eigenvalue weighted by Crippen LogP contribution is 2.32. The van der Waals surface area contributed by atoms with E-state index in [0.29, 0.717) is 11.5 Å². The van der Waals surface area contributed by atoms with Gasteiger partial charge in [-0.3, -0.25) is 9.59 Å². The summed E-state index contributed by atoms with van der Waals surface area (Å²) in [7, 11) is 1.73. The number of nitrogens with one attached hydrogen (secondary N) is 2. The minimum atomic E-state index is -0.169. The summed E-state index contributed by atoms with van der Waals surface area (Å²) < 4.78 is 1.55. The Morgan fingerprint density at radius 2 is 1.82 bits per heavy atom. The number of thiophene rings is 1. The van der Waals surface area contributed by atoms with Crippen molar-refractivity contribution in [3.63, 3.8) is 0 Å². The first-order valence-electron chi connectivity index (χ1n) is 14.0. The highest BCUT2D eigenvalue weighted by Gasteiger charge is 2.18. The average Bonchev–Trinajstić information content (AvgIpc) is 3.24. The van der Waals surface area contributed by atoms with Crippen molar-refractivity contribution in [2.75, 3.05) is 28.6 Å². The number of carbonyl (C=O) groups is 1. The van der Waals surface area contributed by atoms with E-state index in [1.165, 1.54) is 29.7 Å². The van der Waals surface area contributed by atoms with Gasteiger partial charge in [-0.1, -0.05) is 18.6 Å². The van der Waals surface area contributed by atoms with E-state index < -0.39 is 0 Å². The number of fused-ring (bicyclic) bond motifs is 1. The summed E-state index contributed by atoms with van der Waals surface area (Å²) >= 11 is 1.62. The summed E-state index contributed by atoms with van der Waals surface area (Å²) in [5.41, 5.74) is 5.04. The van der Waals surface area contributed by atoms with Crippen LogP contribution in [-0.2, 0) is 19.9 Å². The van der Waals surface area contributed by atoms with Gasteiger partial charge < -0.3 is 20.1 Å². The van der Waals surface area contributed by atoms with Gasteiger partial charge in [0.2, 0.25) is 0 Å². The molecule has 5 rings (SSSR count). The minimum Gasteiger partial charge on any atom is -0.356 e. The van der Waals surface area contributed by atoms with E-state index in [2.05, 4.69) is 45.6 Å². The Labute approximate surface area is 239 Å². The van der Waals surface area contributed by atoms with Gasteiger partial charge in [0.25, 0.3) is 11.5 Å². The first kappa shape index (κ1) is 27.6. The Hall–Kier alpha value is -3.98. The SMILES string of the molecule is CCN(CC)c1ccc(Nc2cc(-c3cccc(NC(=O)c4cc5c(s4)CCCCC5)c3C)cn(C)c2=O)nn1. The summed E-state index contributed by atoms with van der Waals surface area (Å²) in [6.45, 7) is 7.82. The number of hydrogen-bond acceptors (Lipinski definition) is 7. The van der Waals surface area contributed by atoms with E-state index in [1.807, 2.05) is 49.5 Å². The highest BCUT2D eigenvalue weighted by molar-refractivity contribution is 7.14. The standard InChI is InChI=1S/C31H36N6O2S/c1-5-37(6-2)29-16-15-28(34-35-29)32-25-17-22(19-36(4)31(25)39)23-12-10-13-24(20(23)3)33-30(38)27-18-21-11-8-7-9-14-26(21)40-27/h10,12-13,15-19H,5-9,11,14H2,1-4H3,(H,32,34)(H,33,38). The maximum absolute atomic E-state index is 13.2. The Morgan fingerprint density at radius 3 is 2.58 bits per heavy atom. The number of hydrogen-bond donors (Lipinski definition) is 2. The van der Waals surface area contributed by atoms with Crippen molar-refractivity contribution in [1.82, 2.24) is 14.8 Å². The van der Waals surface area contributed by atoms with Crippen molar-refractivity contribution in [2.24, 2.45) is 7.05 Å². The van der Waals surface area contributed by atoms with Crippen LogP contribution in [0.3, 0.4) is 0 Å². The number of benzene rings is 1. The van der Waals surface area contributed by atoms with Gasteiger partial charge in [0.1, 0.15) is 5.69 Å². The van der Waals surface area contributed by atoms with Crippen LogP contribution in [0.5, 0.6) is 0 Å². The quantitative estimate of drug-likeness (QED) is 0.247. The molecule has 40 heavy (non-hydrogen) atoms. The number of aryl methyl sites for hydroxylation is 3. The summed E-state index contributed by atoms with van der Waals surface area (Å²) in [6, 6.07) is 13.5. The number of anilines is 4. The lowest BCUT2D eigenvalue weighted by Crippen LogP contribution is -2.23. The van der Waals surface area contributed by atoms with Crippen molar-refractivity contribution in [3.8, 4) is 11.1 Å². The highest BCUT2D eigenvalue weighted by atomic mass is 32.1. The van der Waals surface area contributed by atoms with Gasteiger partial charge in [-0.2, -0.15) is 0 Å². The molecule has 0 saturated carbocycles. The van der Waals surface area contributed by atoms with Crippen LogP contribution in [0.2, 0.25) is 0 Å². The Morgan fingerprint density at radius 1 is 1.02 bits per heavy atom. The van der Waals surface area contributed by atoms with E-state index in [9.17, 15) is 9.59 Å². The molecule has 0 unspecified atom stereocenters. The molecular formula is C31H36N6O2S. The van der Waals surface area contributed by atoms with E-state index in [0.717, 1.165) is 59.0 Å². The molecule has 1 aromatic carbocycles. The van der Waals surface area contributed by atoms with E-state index >= 15 is 0 Å². The number of aromatic nitrogens is 3. The van der Waals surface area contributed by atoms with Crippen LogP contribution in [0.1, 0.15) is 58.8 Å². The third kappa shape index (κ3) is 5.79. The van der Waals surface area contributed by atoms with Crippen LogP contribution in [0.4, 0.5) is 23.0 Å². The van der Waals surface area contributed by atoms with Crippen LogP contribution in [0.25, 0.3) is 11.1 Å². The zero-order valence-electron chi connectivity index (χ0n) is 23.6. The molecule has 1 aliphatic carbocycles. The van der Waals surface area contributed by atoms with E-state index in [1.54, 1.807) is 23.0 Å². The summed E-state index contributed by atoms with van der Waals surface area (Å²) in [5.74, 6) is 1.22. The molecule has 0 spiro atoms. The van der Waals surface area contributed by atoms with Crippen molar-refractivity contribution >= 4 is 40.3 Å². The molecule has 0 radical (unpaired) electrons. The summed E-state index contributed by atoms with van der Waals surface area (Å²) in [4.78, 5) is 30.4. The molecule has 0 atom stereocenters. The molecule has 0 fully saturated rings. The fraction of sp³-hybridized carbons (Fsp3) is 0.355. The van der Waals surface area contributed by atoms with Crippen LogP contribution in [0, 0.1) is 6.92 Å². The van der Waals surface area contributed by atoms with Crippen LogP contribution in [0.15, 0.2) is 53.5 Å². The number of rotatable bonds is 8. The topological polar surface area (TPSA) is 92.2 Å². The van der Waals surface area contributed by atoms with Crippen molar-refractivity contribution in [3.05, 3.63) is 79.9 Å². The molecule has 3 aromatic heterocycles. The van der Waals surface area contributed by atoms with Crippen molar-refractivity contribution in [2.45, 2.75) is 52.9 Å². The maximum atomic E-state index is 13.2. The Balaban J connectivity index is 1.39. The van der Waals surface area contributed by atoms with Gasteiger partial charge in [-0.05, 0) is 93.5 Å². The lowest BCUT2D eigenvalue weighted by atomic mass is 10.00. The van der Waals surface area contributed by atoms with E-state index in [-0.39, 0.29) is 11.5 Å². The molecule has 2 N–H and O–H groups in total. The number of amides is 1. The second kappa shape index (κ2) is 12.0. The Bertz CT molecular complexity index is 1550. The van der Waals surface area contributed by atoms with Crippen LogP contribution in [-0.4, -0.2) is 33.8 Å². The average molecular weight is 557 g/mol. The normalized spacial score (nSPS) is 12.9. The van der Waals surface area contributed by atoms with Gasteiger partial charge in [0, 0.05) is 42.5 Å². The first-order valence-corrected chi connectivity index (χ1v) is 14.8. The lowest BCUT2D eigenvalue weighted by Gasteiger charge is -2.19. The molecule has 0 aliphatic heterocycles. The van der Waals surface area contributed by atoms with E-state index in [4.69, 9.17) is 0 Å². The maximum Gasteiger partial charge on any atom is 0.274 e. The van der Waals surface area contributed by atoms with Crippen molar-refractivity contribution < 1.29 is 4.79 Å². The molecule has 1 amide bonds. The lowest BCUT2D eigenvalue weighted by molar-refractivity contribution is 0.103. The Kier molecular flexibility index (Phi) is 8.30. The minimum absolute atomic E-state index is 0.0760. The fourth-order valence-electron chi connectivity index (χ4n) is 5.24. The zero-order chi connectivity index (χ0) is 28.2. The van der Waals surface area contributed by atoms with Gasteiger partial charge in [0.15, 0.2) is 11.6 Å². The number of nitrogens with zero attached hydrogens (tertiary/aromatic N) is 4. The van der Waals surface area contributed by atoms with Gasteiger partial charge >= 0.3 is 0 Å². The van der Waals surface area contributed by atoms with Gasteiger partial charge in [0.05, 0.1) is 4.88 Å². The fourth-order valence-corrected chi connectivity index (χ4v) is 6.39. The largest absolute Gasteiger partial charge is 0.356 e. The predicted octanol–water partition coefficient (Wildman–Crippen LogP) is 6.32. The molecule has 0 saturated heterocycles. The molecular weight excluding hydrogens is 520 g/mol. The molecule has 3 heterocycles. The zero-order valence-corrected chi connectivity index (χ0v) is 24.4. The van der Waals surface area contributed by atoms with Gasteiger partial charge in [-0.15, -0.1) is 21.5 Å². The summed E-state index contributed by atoms with van der Waals surface area (Å²) in [5, 5.41) is 14.9. The predicted molar refractivity (Wildman–Crippen MR) is 164 cm³/mol. The monoisotopic (exact) mass is 556 g/mol. The molecule has 208 valence electrons. The van der Waals surface area contributed by atoms with Crippen molar-refractivity contribution in [1.29, 1.82) is 0 Å². The molecule has 1 aliphatic rings. The van der Waals surface area contributed by atoms with Crippen LogP contribution >= 0.6 is 11.3 Å². The van der Waals surface area contributed by atoms with Crippen LogP contribution < -0.4 is 21.1 Å². The smallest absolute Gasteiger partial charge is 0.274 e. The second-order valence-electron chi connectivity index (χ2n) is 10.2. The molecule has 4 aromatic rings. The third-order valence-electron chi connectivity index (χ3n) is 7.55. The number of pyridine rings is 1. The first-order chi connectivity index (χ1) is 19.4. The molecule has 9 heteroatoms. The number of carbonyl (C=O) groups excluding carboxylic acids is 1. The third-order valence-corrected chi connectivity index (χ3v) is 8.78. The van der Waals surface area contributed by atoms with Gasteiger partial charge in [-0.25, -0.2) is 0 Å². The summed E-state index contributed by atoms with van der Waals surface area (Å²) in [6.07, 6.45) is 7.58. The second-order valence-corrected chi connectivity index (χ2v) is 11.3.